The van der Waals surface area contributed by atoms with Crippen molar-refractivity contribution in [1.29, 1.82) is 0 Å². The van der Waals surface area contributed by atoms with Crippen molar-refractivity contribution in [3.63, 3.8) is 0 Å². The highest BCUT2D eigenvalue weighted by molar-refractivity contribution is 7.13. The Hall–Kier alpha value is -3.01. The number of likely N-dealkylation sites (tertiary alicyclic amines) is 1. The molecule has 1 amide bonds. The number of aromatic nitrogens is 2. The number of anilines is 3. The van der Waals surface area contributed by atoms with Crippen LogP contribution in [-0.4, -0.2) is 65.6 Å². The SMILES string of the molecule is CC(C)N1CCC(Nc2ccc(N3CCC(CN)CC3)c(NC(=O)c3csc(-c4cccnc4)n3)c2)CC1. The van der Waals surface area contributed by atoms with Crippen molar-refractivity contribution in [3.8, 4) is 10.6 Å². The summed E-state index contributed by atoms with van der Waals surface area (Å²) in [5.74, 6) is 0.375. The van der Waals surface area contributed by atoms with Crippen molar-refractivity contribution in [2.24, 2.45) is 11.7 Å². The molecule has 8 nitrogen and oxygen atoms in total. The summed E-state index contributed by atoms with van der Waals surface area (Å²) in [7, 11) is 0. The topological polar surface area (TPSA) is 99.4 Å². The first-order chi connectivity index (χ1) is 18.5. The average Bonchev–Trinajstić information content (AvgIpc) is 3.45. The number of carbonyl (C=O) groups excluding carboxylic acids is 1. The average molecular weight is 534 g/mol. The summed E-state index contributed by atoms with van der Waals surface area (Å²) < 4.78 is 0. The van der Waals surface area contributed by atoms with Gasteiger partial charge in [-0.15, -0.1) is 11.3 Å². The van der Waals surface area contributed by atoms with Crippen LogP contribution in [0, 0.1) is 5.92 Å². The van der Waals surface area contributed by atoms with Crippen LogP contribution in [0.4, 0.5) is 17.1 Å². The fourth-order valence-electron chi connectivity index (χ4n) is 5.39. The number of pyridine rings is 1. The number of amides is 1. The first-order valence-corrected chi connectivity index (χ1v) is 14.6. The van der Waals surface area contributed by atoms with E-state index >= 15 is 0 Å². The van der Waals surface area contributed by atoms with Gasteiger partial charge in [0.25, 0.3) is 5.91 Å². The van der Waals surface area contributed by atoms with Crippen molar-refractivity contribution in [2.45, 2.75) is 51.6 Å². The molecule has 2 aliphatic rings. The normalized spacial score (nSPS) is 17.6. The predicted octanol–water partition coefficient (Wildman–Crippen LogP) is 4.92. The third-order valence-corrected chi connectivity index (χ3v) is 8.70. The van der Waals surface area contributed by atoms with Gasteiger partial charge in [-0.05, 0) is 82.3 Å². The van der Waals surface area contributed by atoms with Gasteiger partial charge >= 0.3 is 0 Å². The van der Waals surface area contributed by atoms with Crippen molar-refractivity contribution < 1.29 is 4.79 Å². The fourth-order valence-corrected chi connectivity index (χ4v) is 6.18. The first kappa shape index (κ1) is 26.6. The lowest BCUT2D eigenvalue weighted by Gasteiger charge is -2.36. The number of thiazole rings is 1. The highest BCUT2D eigenvalue weighted by Crippen LogP contribution is 2.34. The van der Waals surface area contributed by atoms with Gasteiger partial charge < -0.3 is 26.2 Å². The lowest BCUT2D eigenvalue weighted by molar-refractivity contribution is 0.102. The molecule has 2 fully saturated rings. The second-order valence-corrected chi connectivity index (χ2v) is 11.5. The Bertz CT molecular complexity index is 1200. The standard InChI is InChI=1S/C29H39N7OS/c1-20(2)35-14-9-23(10-15-35)32-24-5-6-27(36-12-7-21(17-30)8-13-36)25(16-24)33-28(37)26-19-38-29(34-26)22-4-3-11-31-18-22/h3-6,11,16,18-21,23,32H,7-10,12-15,17,30H2,1-2H3,(H,33,37). The van der Waals surface area contributed by atoms with E-state index in [4.69, 9.17) is 5.73 Å². The molecule has 5 rings (SSSR count). The van der Waals surface area contributed by atoms with Crippen LogP contribution in [0.15, 0.2) is 48.1 Å². The Labute approximate surface area is 229 Å². The first-order valence-electron chi connectivity index (χ1n) is 13.8. The number of nitrogens with zero attached hydrogens (tertiary/aromatic N) is 4. The van der Waals surface area contributed by atoms with E-state index in [2.05, 4.69) is 62.4 Å². The van der Waals surface area contributed by atoms with Crippen molar-refractivity contribution in [3.05, 3.63) is 53.8 Å². The minimum atomic E-state index is -0.197. The van der Waals surface area contributed by atoms with E-state index in [1.165, 1.54) is 11.3 Å². The third kappa shape index (κ3) is 6.34. The van der Waals surface area contributed by atoms with Gasteiger partial charge in [0.2, 0.25) is 0 Å². The van der Waals surface area contributed by atoms with Gasteiger partial charge in [0, 0.05) is 67.3 Å². The number of benzene rings is 1. The Morgan fingerprint density at radius 1 is 1.13 bits per heavy atom. The van der Waals surface area contributed by atoms with Gasteiger partial charge in [0.15, 0.2) is 0 Å². The number of carbonyl (C=O) groups is 1. The molecular weight excluding hydrogens is 494 g/mol. The molecule has 9 heteroatoms. The summed E-state index contributed by atoms with van der Waals surface area (Å²) in [5.41, 5.74) is 10.2. The van der Waals surface area contributed by atoms with Gasteiger partial charge in [0.1, 0.15) is 10.7 Å². The van der Waals surface area contributed by atoms with Gasteiger partial charge in [0.05, 0.1) is 11.4 Å². The zero-order valence-corrected chi connectivity index (χ0v) is 23.2. The zero-order valence-electron chi connectivity index (χ0n) is 22.4. The molecule has 0 atom stereocenters. The van der Waals surface area contributed by atoms with Gasteiger partial charge in [-0.3, -0.25) is 9.78 Å². The fraction of sp³-hybridized carbons (Fsp3) is 0.483. The number of rotatable bonds is 8. The summed E-state index contributed by atoms with van der Waals surface area (Å²) >= 11 is 1.45. The van der Waals surface area contributed by atoms with Gasteiger partial charge in [-0.25, -0.2) is 4.98 Å². The summed E-state index contributed by atoms with van der Waals surface area (Å²) in [5, 5.41) is 9.52. The number of nitrogens with one attached hydrogen (secondary N) is 2. The van der Waals surface area contributed by atoms with Crippen molar-refractivity contribution >= 4 is 34.3 Å². The van der Waals surface area contributed by atoms with E-state index in [0.29, 0.717) is 23.7 Å². The lowest BCUT2D eigenvalue weighted by atomic mass is 9.96. The molecule has 0 aliphatic carbocycles. The second kappa shape index (κ2) is 12.2. The van der Waals surface area contributed by atoms with Gasteiger partial charge in [-0.1, -0.05) is 0 Å². The van der Waals surface area contributed by atoms with Crippen LogP contribution in [0.25, 0.3) is 10.6 Å². The predicted molar refractivity (Wildman–Crippen MR) is 157 cm³/mol. The Kier molecular flexibility index (Phi) is 8.56. The molecule has 2 aromatic heterocycles. The van der Waals surface area contributed by atoms with E-state index in [0.717, 1.165) is 86.0 Å². The molecular formula is C29H39N7OS. The number of nitrogens with two attached hydrogens (primary N) is 1. The molecule has 38 heavy (non-hydrogen) atoms. The Balaban J connectivity index is 1.34. The van der Waals surface area contributed by atoms with E-state index in [-0.39, 0.29) is 5.91 Å². The van der Waals surface area contributed by atoms with Crippen LogP contribution in [-0.2, 0) is 0 Å². The molecule has 3 aromatic rings. The maximum Gasteiger partial charge on any atom is 0.275 e. The van der Waals surface area contributed by atoms with E-state index in [1.807, 2.05) is 17.5 Å². The molecule has 2 aliphatic heterocycles. The highest BCUT2D eigenvalue weighted by Gasteiger charge is 2.24. The summed E-state index contributed by atoms with van der Waals surface area (Å²) in [6, 6.07) is 11.2. The molecule has 1 aromatic carbocycles. The van der Waals surface area contributed by atoms with Crippen LogP contribution in [0.3, 0.4) is 0 Å². The quantitative estimate of drug-likeness (QED) is 0.378. The number of piperidine rings is 2. The molecule has 4 N–H and O–H groups in total. The maximum atomic E-state index is 13.3. The van der Waals surface area contributed by atoms with Crippen LogP contribution in [0.1, 0.15) is 50.0 Å². The lowest BCUT2D eigenvalue weighted by Crippen LogP contribution is -2.42. The minimum Gasteiger partial charge on any atom is -0.382 e. The van der Waals surface area contributed by atoms with Crippen molar-refractivity contribution in [2.75, 3.05) is 48.3 Å². The maximum absolute atomic E-state index is 13.3. The van der Waals surface area contributed by atoms with Gasteiger partial charge in [-0.2, -0.15) is 0 Å². The van der Waals surface area contributed by atoms with Crippen LogP contribution in [0.2, 0.25) is 0 Å². The molecule has 0 unspecified atom stereocenters. The Morgan fingerprint density at radius 3 is 2.61 bits per heavy atom. The van der Waals surface area contributed by atoms with E-state index < -0.39 is 0 Å². The zero-order chi connectivity index (χ0) is 26.5. The molecule has 2 saturated heterocycles. The number of hydrogen-bond acceptors (Lipinski definition) is 8. The summed E-state index contributed by atoms with van der Waals surface area (Å²) in [6.45, 7) is 9.35. The third-order valence-electron chi connectivity index (χ3n) is 7.81. The molecule has 4 heterocycles. The summed E-state index contributed by atoms with van der Waals surface area (Å²) in [4.78, 5) is 27.0. The molecule has 0 bridgehead atoms. The van der Waals surface area contributed by atoms with Crippen LogP contribution < -0.4 is 21.3 Å². The van der Waals surface area contributed by atoms with Crippen LogP contribution >= 0.6 is 11.3 Å². The second-order valence-electron chi connectivity index (χ2n) is 10.7. The van der Waals surface area contributed by atoms with E-state index in [9.17, 15) is 4.79 Å². The largest absolute Gasteiger partial charge is 0.382 e. The van der Waals surface area contributed by atoms with Crippen molar-refractivity contribution in [1.82, 2.24) is 14.9 Å². The summed E-state index contributed by atoms with van der Waals surface area (Å²) in [6.07, 6.45) is 7.87. The van der Waals surface area contributed by atoms with E-state index in [1.54, 1.807) is 12.4 Å². The monoisotopic (exact) mass is 533 g/mol. The highest BCUT2D eigenvalue weighted by atomic mass is 32.1. The molecule has 202 valence electrons. The number of hydrogen-bond donors (Lipinski definition) is 3. The Morgan fingerprint density at radius 2 is 1.92 bits per heavy atom. The molecule has 0 radical (unpaired) electrons. The minimum absolute atomic E-state index is 0.197. The molecule has 0 spiro atoms. The smallest absolute Gasteiger partial charge is 0.275 e. The van der Waals surface area contributed by atoms with Crippen LogP contribution in [0.5, 0.6) is 0 Å². The molecule has 0 saturated carbocycles.